The number of rotatable bonds is 7. The highest BCUT2D eigenvalue weighted by Gasteiger charge is 2.16. The zero-order chi connectivity index (χ0) is 11.1. The van der Waals surface area contributed by atoms with E-state index in [2.05, 4.69) is 25.6 Å². The fourth-order valence-electron chi connectivity index (χ4n) is 2.19. The lowest BCUT2D eigenvalue weighted by atomic mass is 10.0. The summed E-state index contributed by atoms with van der Waals surface area (Å²) >= 11 is 2.13. The third kappa shape index (κ3) is 6.47. The predicted octanol–water partition coefficient (Wildman–Crippen LogP) is 3.82. The zero-order valence-electron chi connectivity index (χ0n) is 10.4. The summed E-state index contributed by atoms with van der Waals surface area (Å²) < 4.78 is 0. The monoisotopic (exact) mass is 229 g/mol. The number of hydrogen-bond donors (Lipinski definition) is 1. The lowest BCUT2D eigenvalue weighted by Gasteiger charge is -2.14. The minimum atomic E-state index is 0.439. The van der Waals surface area contributed by atoms with E-state index in [-0.39, 0.29) is 0 Å². The Hall–Kier alpha value is 0.310. The second kappa shape index (κ2) is 7.56. The van der Waals surface area contributed by atoms with Crippen LogP contribution in [0.2, 0.25) is 0 Å². The highest BCUT2D eigenvalue weighted by atomic mass is 32.2. The first-order valence-corrected chi connectivity index (χ1v) is 7.60. The third-order valence-electron chi connectivity index (χ3n) is 3.20. The Labute approximate surface area is 99.6 Å². The van der Waals surface area contributed by atoms with Gasteiger partial charge in [0.1, 0.15) is 0 Å². The van der Waals surface area contributed by atoms with Crippen LogP contribution in [0, 0.1) is 5.92 Å². The molecule has 1 rings (SSSR count). The molecule has 1 aliphatic carbocycles. The van der Waals surface area contributed by atoms with Gasteiger partial charge in [0.15, 0.2) is 0 Å². The highest BCUT2D eigenvalue weighted by Crippen LogP contribution is 2.29. The zero-order valence-corrected chi connectivity index (χ0v) is 11.2. The van der Waals surface area contributed by atoms with Gasteiger partial charge in [-0.1, -0.05) is 39.5 Å². The van der Waals surface area contributed by atoms with Crippen LogP contribution in [-0.2, 0) is 0 Å². The molecule has 0 aromatic rings. The van der Waals surface area contributed by atoms with Gasteiger partial charge in [-0.15, -0.1) is 0 Å². The summed E-state index contributed by atoms with van der Waals surface area (Å²) in [7, 11) is 0. The molecule has 1 saturated carbocycles. The molecule has 1 atom stereocenters. The number of thioether (sulfide) groups is 1. The molecule has 0 spiro atoms. The third-order valence-corrected chi connectivity index (χ3v) is 4.77. The van der Waals surface area contributed by atoms with Crippen molar-refractivity contribution in [1.82, 2.24) is 0 Å². The Morgan fingerprint density at radius 1 is 1.20 bits per heavy atom. The summed E-state index contributed by atoms with van der Waals surface area (Å²) in [6.07, 6.45) is 9.62. The van der Waals surface area contributed by atoms with E-state index >= 15 is 0 Å². The van der Waals surface area contributed by atoms with Crippen molar-refractivity contribution in [1.29, 1.82) is 0 Å². The number of hydrogen-bond acceptors (Lipinski definition) is 2. The molecule has 1 aliphatic rings. The smallest absolute Gasteiger partial charge is 0.0130 e. The van der Waals surface area contributed by atoms with Gasteiger partial charge in [0, 0.05) is 17.0 Å². The maximum Gasteiger partial charge on any atom is 0.0130 e. The van der Waals surface area contributed by atoms with Crippen molar-refractivity contribution < 1.29 is 0 Å². The molecular formula is C13H27NS. The first-order valence-electron chi connectivity index (χ1n) is 6.55. The van der Waals surface area contributed by atoms with E-state index in [0.29, 0.717) is 6.04 Å². The second-order valence-electron chi connectivity index (χ2n) is 5.32. The summed E-state index contributed by atoms with van der Waals surface area (Å²) in [5.41, 5.74) is 6.12. The predicted molar refractivity (Wildman–Crippen MR) is 71.4 cm³/mol. The van der Waals surface area contributed by atoms with Crippen molar-refractivity contribution in [2.75, 3.05) is 5.75 Å². The van der Waals surface area contributed by atoms with E-state index in [4.69, 9.17) is 5.73 Å². The van der Waals surface area contributed by atoms with Crippen LogP contribution in [0.25, 0.3) is 0 Å². The molecule has 0 heterocycles. The average molecular weight is 229 g/mol. The topological polar surface area (TPSA) is 26.0 Å². The molecular weight excluding hydrogens is 202 g/mol. The van der Waals surface area contributed by atoms with Gasteiger partial charge < -0.3 is 5.73 Å². The molecule has 1 fully saturated rings. The fourth-order valence-corrected chi connectivity index (χ4v) is 3.54. The van der Waals surface area contributed by atoms with E-state index in [9.17, 15) is 0 Å². The Morgan fingerprint density at radius 3 is 2.47 bits per heavy atom. The van der Waals surface area contributed by atoms with Gasteiger partial charge in [-0.25, -0.2) is 0 Å². The van der Waals surface area contributed by atoms with E-state index in [1.807, 2.05) is 0 Å². The van der Waals surface area contributed by atoms with Crippen molar-refractivity contribution in [3.63, 3.8) is 0 Å². The minimum absolute atomic E-state index is 0.439. The van der Waals surface area contributed by atoms with E-state index in [1.165, 1.54) is 50.7 Å². The molecule has 0 aliphatic heterocycles. The fraction of sp³-hybridized carbons (Fsp3) is 1.00. The summed E-state index contributed by atoms with van der Waals surface area (Å²) in [6, 6.07) is 0.439. The second-order valence-corrected chi connectivity index (χ2v) is 6.66. The van der Waals surface area contributed by atoms with Gasteiger partial charge in [-0.3, -0.25) is 0 Å². The lowest BCUT2D eigenvalue weighted by molar-refractivity contribution is 0.513. The Morgan fingerprint density at radius 2 is 1.87 bits per heavy atom. The van der Waals surface area contributed by atoms with Crippen LogP contribution in [0.3, 0.4) is 0 Å². The van der Waals surface area contributed by atoms with Crippen LogP contribution >= 0.6 is 11.8 Å². The minimum Gasteiger partial charge on any atom is -0.327 e. The van der Waals surface area contributed by atoms with Gasteiger partial charge in [0.25, 0.3) is 0 Å². The van der Waals surface area contributed by atoms with Gasteiger partial charge in [-0.05, 0) is 25.2 Å². The molecule has 90 valence electrons. The Balaban J connectivity index is 1.95. The summed E-state index contributed by atoms with van der Waals surface area (Å²) in [5.74, 6) is 2.02. The standard InChI is InChI=1S/C13H27NS/c1-11(2)6-5-7-12(14)10-15-13-8-3-4-9-13/h11-13H,3-10,14H2,1-2H3. The summed E-state index contributed by atoms with van der Waals surface area (Å²) in [6.45, 7) is 4.58. The summed E-state index contributed by atoms with van der Waals surface area (Å²) in [5, 5.41) is 0.932. The van der Waals surface area contributed by atoms with Crippen LogP contribution in [0.15, 0.2) is 0 Å². The molecule has 2 N–H and O–H groups in total. The van der Waals surface area contributed by atoms with Gasteiger partial charge in [0.05, 0.1) is 0 Å². The molecule has 0 bridgehead atoms. The molecule has 0 radical (unpaired) electrons. The van der Waals surface area contributed by atoms with Gasteiger partial charge >= 0.3 is 0 Å². The highest BCUT2D eigenvalue weighted by molar-refractivity contribution is 7.99. The molecule has 1 nitrogen and oxygen atoms in total. The SMILES string of the molecule is CC(C)CCCC(N)CSC1CCCC1. The quantitative estimate of drug-likeness (QED) is 0.718. The average Bonchev–Trinajstić information content (AvgIpc) is 2.66. The van der Waals surface area contributed by atoms with Crippen molar-refractivity contribution in [3.05, 3.63) is 0 Å². The van der Waals surface area contributed by atoms with E-state index < -0.39 is 0 Å². The largest absolute Gasteiger partial charge is 0.327 e. The van der Waals surface area contributed by atoms with Crippen molar-refractivity contribution >= 4 is 11.8 Å². The van der Waals surface area contributed by atoms with Crippen molar-refractivity contribution in [3.8, 4) is 0 Å². The first kappa shape index (κ1) is 13.4. The first-order chi connectivity index (χ1) is 7.18. The molecule has 15 heavy (non-hydrogen) atoms. The van der Waals surface area contributed by atoms with Crippen LogP contribution in [0.1, 0.15) is 58.8 Å². The normalized spacial score (nSPS) is 20.0. The Kier molecular flexibility index (Phi) is 6.74. The van der Waals surface area contributed by atoms with Crippen LogP contribution < -0.4 is 5.73 Å². The number of nitrogens with two attached hydrogens (primary N) is 1. The summed E-state index contributed by atoms with van der Waals surface area (Å²) in [4.78, 5) is 0. The molecule has 0 amide bonds. The van der Waals surface area contributed by atoms with Crippen LogP contribution in [0.5, 0.6) is 0 Å². The van der Waals surface area contributed by atoms with E-state index in [1.54, 1.807) is 0 Å². The molecule has 0 aromatic heterocycles. The van der Waals surface area contributed by atoms with Crippen LogP contribution in [-0.4, -0.2) is 17.0 Å². The lowest BCUT2D eigenvalue weighted by Crippen LogP contribution is -2.23. The van der Waals surface area contributed by atoms with Gasteiger partial charge in [-0.2, -0.15) is 11.8 Å². The van der Waals surface area contributed by atoms with Gasteiger partial charge in [0.2, 0.25) is 0 Å². The van der Waals surface area contributed by atoms with Crippen LogP contribution in [0.4, 0.5) is 0 Å². The Bertz CT molecular complexity index is 153. The molecule has 0 saturated heterocycles. The van der Waals surface area contributed by atoms with Crippen molar-refractivity contribution in [2.45, 2.75) is 70.1 Å². The molecule has 1 unspecified atom stereocenters. The van der Waals surface area contributed by atoms with E-state index in [0.717, 1.165) is 11.2 Å². The maximum atomic E-state index is 6.12. The molecule has 2 heteroatoms. The maximum absolute atomic E-state index is 6.12. The van der Waals surface area contributed by atoms with Crippen molar-refractivity contribution in [2.24, 2.45) is 11.7 Å². The molecule has 0 aromatic carbocycles.